The average molecular weight is 748 g/mol. The monoisotopic (exact) mass is 745 g/mol. The molecule has 0 heterocycles. The molecule has 252 valence electrons. The number of nitrogens with zero attached hydrogens (tertiary/aromatic N) is 2. The predicted molar refractivity (Wildman–Crippen MR) is 193 cm³/mol. The smallest absolute Gasteiger partial charge is 0.264 e. The number of hydrogen-bond donors (Lipinski definition) is 1. The van der Waals surface area contributed by atoms with Gasteiger partial charge >= 0.3 is 0 Å². The van der Waals surface area contributed by atoms with E-state index in [9.17, 15) is 18.0 Å². The molecule has 7 nitrogen and oxygen atoms in total. The van der Waals surface area contributed by atoms with Crippen LogP contribution in [-0.2, 0) is 32.6 Å². The Morgan fingerprint density at radius 1 is 0.750 bits per heavy atom. The van der Waals surface area contributed by atoms with Crippen molar-refractivity contribution in [2.45, 2.75) is 62.0 Å². The van der Waals surface area contributed by atoms with Gasteiger partial charge in [-0.2, -0.15) is 0 Å². The standard InChI is InChI=1S/C36H35Cl4N3O4S/c37-27-17-19-31(39)33(22-27)43(48(46,47)29-14-8-3-9-15-29)24-35(44)42(23-26-16-18-30(38)32(40)20-26)34(21-25-10-4-1-5-11-25)36(45)41-28-12-6-2-7-13-28/h1,3-5,8-11,14-20,22,28,34H,2,6-7,12-13,21,23-24H2,(H,41,45)/t34-/m1/s1. The van der Waals surface area contributed by atoms with Crippen molar-refractivity contribution in [1.82, 2.24) is 10.2 Å². The highest BCUT2D eigenvalue weighted by atomic mass is 35.5. The molecule has 0 unspecified atom stereocenters. The molecule has 48 heavy (non-hydrogen) atoms. The molecule has 1 aliphatic rings. The second-order valence-electron chi connectivity index (χ2n) is 11.7. The van der Waals surface area contributed by atoms with Crippen molar-refractivity contribution in [3.8, 4) is 0 Å². The quantitative estimate of drug-likeness (QED) is 0.157. The van der Waals surface area contributed by atoms with Crippen LogP contribution in [-0.4, -0.2) is 43.8 Å². The number of carbonyl (C=O) groups excluding carboxylic acids is 2. The third kappa shape index (κ3) is 9.04. The molecule has 2 amide bonds. The lowest BCUT2D eigenvalue weighted by molar-refractivity contribution is -0.140. The fourth-order valence-corrected chi connectivity index (χ4v) is 8.05. The first kappa shape index (κ1) is 36.0. The summed E-state index contributed by atoms with van der Waals surface area (Å²) in [6, 6.07) is 25.5. The van der Waals surface area contributed by atoms with Crippen molar-refractivity contribution in [2.75, 3.05) is 10.8 Å². The van der Waals surface area contributed by atoms with Gasteiger partial charge in [0.1, 0.15) is 12.6 Å². The Morgan fingerprint density at radius 2 is 1.40 bits per heavy atom. The molecule has 0 aliphatic heterocycles. The maximum atomic E-state index is 14.7. The molecule has 4 aromatic rings. The largest absolute Gasteiger partial charge is 0.352 e. The summed E-state index contributed by atoms with van der Waals surface area (Å²) in [5, 5.41) is 4.13. The number of carbonyl (C=O) groups is 2. The fourth-order valence-electron chi connectivity index (χ4n) is 5.84. The summed E-state index contributed by atoms with van der Waals surface area (Å²) in [6.07, 6.45) is 5.01. The van der Waals surface area contributed by atoms with Crippen LogP contribution in [0.2, 0.25) is 20.1 Å². The minimum absolute atomic E-state index is 0.0216. The molecule has 0 aromatic heterocycles. The summed E-state index contributed by atoms with van der Waals surface area (Å²) in [7, 11) is -4.33. The molecule has 1 N–H and O–H groups in total. The topological polar surface area (TPSA) is 86.8 Å². The van der Waals surface area contributed by atoms with Crippen LogP contribution in [0, 0.1) is 0 Å². The molecule has 4 aromatic carbocycles. The highest BCUT2D eigenvalue weighted by Crippen LogP contribution is 2.34. The molecular formula is C36H35Cl4N3O4S. The van der Waals surface area contributed by atoms with E-state index in [1.807, 2.05) is 30.3 Å². The van der Waals surface area contributed by atoms with Gasteiger partial charge in [-0.3, -0.25) is 13.9 Å². The number of nitrogens with one attached hydrogen (secondary N) is 1. The van der Waals surface area contributed by atoms with Gasteiger partial charge in [0.2, 0.25) is 11.8 Å². The lowest BCUT2D eigenvalue weighted by Crippen LogP contribution is -2.55. The summed E-state index contributed by atoms with van der Waals surface area (Å²) in [4.78, 5) is 30.3. The SMILES string of the molecule is O=C(NC1CCCCC1)[C@@H](Cc1ccccc1)N(Cc1ccc(Cl)c(Cl)c1)C(=O)CN(c1cc(Cl)ccc1Cl)S(=O)(=O)c1ccccc1. The Hall–Kier alpha value is -3.27. The predicted octanol–water partition coefficient (Wildman–Crippen LogP) is 8.58. The molecule has 0 spiro atoms. The van der Waals surface area contributed by atoms with E-state index in [-0.39, 0.29) is 50.6 Å². The van der Waals surface area contributed by atoms with Crippen LogP contribution in [0.3, 0.4) is 0 Å². The van der Waals surface area contributed by atoms with Crippen LogP contribution in [0.4, 0.5) is 5.69 Å². The van der Waals surface area contributed by atoms with Crippen LogP contribution in [0.15, 0.2) is 102 Å². The van der Waals surface area contributed by atoms with Crippen molar-refractivity contribution in [2.24, 2.45) is 0 Å². The van der Waals surface area contributed by atoms with Gasteiger partial charge in [-0.15, -0.1) is 0 Å². The maximum absolute atomic E-state index is 14.7. The first-order valence-electron chi connectivity index (χ1n) is 15.6. The third-order valence-electron chi connectivity index (χ3n) is 8.35. The Balaban J connectivity index is 1.59. The van der Waals surface area contributed by atoms with Crippen LogP contribution < -0.4 is 9.62 Å². The van der Waals surface area contributed by atoms with Crippen molar-refractivity contribution < 1.29 is 18.0 Å². The summed E-state index contributed by atoms with van der Waals surface area (Å²) in [5.74, 6) is -0.950. The van der Waals surface area contributed by atoms with E-state index in [1.165, 1.54) is 35.2 Å². The molecule has 0 saturated heterocycles. The molecular weight excluding hydrogens is 712 g/mol. The molecule has 0 radical (unpaired) electrons. The zero-order valence-electron chi connectivity index (χ0n) is 26.0. The number of benzene rings is 4. The Morgan fingerprint density at radius 3 is 2.06 bits per heavy atom. The van der Waals surface area contributed by atoms with Gasteiger partial charge in [-0.25, -0.2) is 8.42 Å². The van der Waals surface area contributed by atoms with E-state index in [0.717, 1.165) is 42.0 Å². The van der Waals surface area contributed by atoms with Crippen LogP contribution in [0.25, 0.3) is 0 Å². The highest BCUT2D eigenvalue weighted by molar-refractivity contribution is 7.92. The molecule has 0 bridgehead atoms. The maximum Gasteiger partial charge on any atom is 0.264 e. The normalized spacial score (nSPS) is 14.2. The molecule has 1 fully saturated rings. The zero-order valence-corrected chi connectivity index (χ0v) is 29.8. The van der Waals surface area contributed by atoms with Crippen LogP contribution >= 0.6 is 46.4 Å². The van der Waals surface area contributed by atoms with Gasteiger partial charge in [-0.05, 0) is 66.4 Å². The van der Waals surface area contributed by atoms with Crippen LogP contribution in [0.1, 0.15) is 43.2 Å². The Bertz CT molecular complexity index is 1840. The van der Waals surface area contributed by atoms with Crippen molar-refractivity contribution in [1.29, 1.82) is 0 Å². The lowest BCUT2D eigenvalue weighted by Gasteiger charge is -2.35. The van der Waals surface area contributed by atoms with Crippen molar-refractivity contribution in [3.05, 3.63) is 128 Å². The van der Waals surface area contributed by atoms with Crippen LogP contribution in [0.5, 0.6) is 0 Å². The minimum atomic E-state index is -4.33. The van der Waals surface area contributed by atoms with E-state index in [4.69, 9.17) is 46.4 Å². The number of rotatable bonds is 12. The second-order valence-corrected chi connectivity index (χ2v) is 15.3. The molecule has 1 aliphatic carbocycles. The molecule has 1 saturated carbocycles. The van der Waals surface area contributed by atoms with E-state index in [1.54, 1.807) is 36.4 Å². The number of hydrogen-bond acceptors (Lipinski definition) is 4. The first-order chi connectivity index (χ1) is 23.0. The minimum Gasteiger partial charge on any atom is -0.352 e. The lowest BCUT2D eigenvalue weighted by atomic mass is 9.94. The number of anilines is 1. The van der Waals surface area contributed by atoms with Gasteiger partial charge in [0, 0.05) is 24.0 Å². The third-order valence-corrected chi connectivity index (χ3v) is 11.4. The van der Waals surface area contributed by atoms with Gasteiger partial charge < -0.3 is 10.2 Å². The Labute approximate surface area is 301 Å². The van der Waals surface area contributed by atoms with Crippen molar-refractivity contribution >= 4 is 73.9 Å². The summed E-state index contributed by atoms with van der Waals surface area (Å²) in [5.41, 5.74) is 1.47. The van der Waals surface area contributed by atoms with E-state index >= 15 is 0 Å². The zero-order chi connectivity index (χ0) is 34.3. The van der Waals surface area contributed by atoms with Gasteiger partial charge in [0.25, 0.3) is 10.0 Å². The number of amides is 2. The van der Waals surface area contributed by atoms with E-state index < -0.39 is 28.5 Å². The van der Waals surface area contributed by atoms with E-state index in [2.05, 4.69) is 5.32 Å². The molecule has 5 rings (SSSR count). The molecule has 12 heteroatoms. The summed E-state index contributed by atoms with van der Waals surface area (Å²) in [6.45, 7) is -0.714. The Kier molecular flexibility index (Phi) is 12.3. The van der Waals surface area contributed by atoms with Crippen molar-refractivity contribution in [3.63, 3.8) is 0 Å². The first-order valence-corrected chi connectivity index (χ1v) is 18.6. The fraction of sp³-hybridized carbons (Fsp3) is 0.278. The van der Waals surface area contributed by atoms with E-state index in [0.29, 0.717) is 10.6 Å². The number of sulfonamides is 1. The van der Waals surface area contributed by atoms with Gasteiger partial charge in [-0.1, -0.05) is 120 Å². The van der Waals surface area contributed by atoms with Gasteiger partial charge in [0.05, 0.1) is 25.7 Å². The summed E-state index contributed by atoms with van der Waals surface area (Å²) < 4.78 is 29.3. The average Bonchev–Trinajstić information content (AvgIpc) is 3.09. The molecule has 1 atom stereocenters. The highest BCUT2D eigenvalue weighted by Gasteiger charge is 2.36. The second kappa shape index (κ2) is 16.4. The number of halogens is 4. The summed E-state index contributed by atoms with van der Waals surface area (Å²) >= 11 is 25.5. The van der Waals surface area contributed by atoms with Gasteiger partial charge in [0.15, 0.2) is 0 Å².